The molecule has 3 atom stereocenters. The Hall–Kier alpha value is -1.13. The number of nitrogens with two attached hydrogens (primary N) is 1. The zero-order chi connectivity index (χ0) is 13.1. The Kier molecular flexibility index (Phi) is 4.19. The first-order chi connectivity index (χ1) is 8.58. The van der Waals surface area contributed by atoms with Gasteiger partial charge in [0.2, 0.25) is 0 Å². The van der Waals surface area contributed by atoms with Crippen LogP contribution in [0.1, 0.15) is 44.2 Å². The predicted octanol–water partition coefficient (Wildman–Crippen LogP) is 2.53. The molecule has 0 saturated heterocycles. The summed E-state index contributed by atoms with van der Waals surface area (Å²) < 4.78 is 19.4. The Bertz CT molecular complexity index is 409. The van der Waals surface area contributed by atoms with Crippen LogP contribution in [-0.4, -0.2) is 17.3 Å². The summed E-state index contributed by atoms with van der Waals surface area (Å²) in [5, 5.41) is 9.80. The zero-order valence-corrected chi connectivity index (χ0v) is 10.6. The fourth-order valence-electron chi connectivity index (χ4n) is 2.27. The second-order valence-electron chi connectivity index (χ2n) is 4.99. The third kappa shape index (κ3) is 3.00. The fourth-order valence-corrected chi connectivity index (χ4v) is 2.27. The molecule has 1 saturated carbocycles. The summed E-state index contributed by atoms with van der Waals surface area (Å²) in [7, 11) is 0. The molecule has 18 heavy (non-hydrogen) atoms. The molecule has 2 rings (SSSR count). The number of rotatable bonds is 3. The lowest BCUT2D eigenvalue weighted by Gasteiger charge is -2.28. The van der Waals surface area contributed by atoms with Crippen molar-refractivity contribution in [2.24, 2.45) is 5.73 Å². The van der Waals surface area contributed by atoms with Crippen molar-refractivity contribution in [1.82, 2.24) is 0 Å². The third-order valence-corrected chi connectivity index (χ3v) is 3.43. The number of aliphatic hydroxyl groups is 1. The molecule has 0 spiro atoms. The maximum atomic E-state index is 13.8. The SMILES string of the molecule is CC(N)c1ccc(OC2CCCCC2O)c(F)c1. The van der Waals surface area contributed by atoms with Gasteiger partial charge < -0.3 is 15.6 Å². The van der Waals surface area contributed by atoms with E-state index in [-0.39, 0.29) is 17.9 Å². The van der Waals surface area contributed by atoms with E-state index in [1.54, 1.807) is 19.1 Å². The number of halogens is 1. The Morgan fingerprint density at radius 2 is 2.11 bits per heavy atom. The highest BCUT2D eigenvalue weighted by atomic mass is 19.1. The van der Waals surface area contributed by atoms with Gasteiger partial charge >= 0.3 is 0 Å². The predicted molar refractivity (Wildman–Crippen MR) is 67.9 cm³/mol. The van der Waals surface area contributed by atoms with Crippen LogP contribution < -0.4 is 10.5 Å². The van der Waals surface area contributed by atoms with Crippen LogP contribution in [0.15, 0.2) is 18.2 Å². The van der Waals surface area contributed by atoms with Crippen molar-refractivity contribution in [2.45, 2.75) is 50.9 Å². The number of hydrogen-bond acceptors (Lipinski definition) is 3. The second kappa shape index (κ2) is 5.67. The molecule has 0 heterocycles. The molecule has 0 aliphatic heterocycles. The van der Waals surface area contributed by atoms with Gasteiger partial charge in [0.15, 0.2) is 11.6 Å². The quantitative estimate of drug-likeness (QED) is 0.870. The van der Waals surface area contributed by atoms with E-state index in [0.29, 0.717) is 0 Å². The highest BCUT2D eigenvalue weighted by molar-refractivity contribution is 5.31. The van der Waals surface area contributed by atoms with Crippen molar-refractivity contribution in [3.8, 4) is 5.75 Å². The molecule has 0 radical (unpaired) electrons. The molecule has 4 heteroatoms. The Morgan fingerprint density at radius 3 is 2.72 bits per heavy atom. The largest absolute Gasteiger partial charge is 0.485 e. The minimum atomic E-state index is -0.494. The number of benzene rings is 1. The lowest BCUT2D eigenvalue weighted by atomic mass is 9.95. The number of hydrogen-bond donors (Lipinski definition) is 2. The molecule has 1 aromatic carbocycles. The van der Waals surface area contributed by atoms with Gasteiger partial charge in [-0.15, -0.1) is 0 Å². The van der Waals surface area contributed by atoms with Crippen LogP contribution in [0.5, 0.6) is 5.75 Å². The average molecular weight is 253 g/mol. The molecule has 1 aromatic rings. The topological polar surface area (TPSA) is 55.5 Å². The summed E-state index contributed by atoms with van der Waals surface area (Å²) in [5.74, 6) is -0.215. The summed E-state index contributed by atoms with van der Waals surface area (Å²) in [5.41, 5.74) is 6.43. The lowest BCUT2D eigenvalue weighted by molar-refractivity contribution is 0.00498. The normalized spacial score (nSPS) is 25.8. The molecule has 3 unspecified atom stereocenters. The molecular weight excluding hydrogens is 233 g/mol. The summed E-state index contributed by atoms with van der Waals surface area (Å²) >= 11 is 0. The van der Waals surface area contributed by atoms with Crippen LogP contribution in [0.2, 0.25) is 0 Å². The molecule has 0 aromatic heterocycles. The zero-order valence-electron chi connectivity index (χ0n) is 10.6. The summed E-state index contributed by atoms with van der Waals surface area (Å²) in [6.07, 6.45) is 2.73. The molecule has 3 nitrogen and oxygen atoms in total. The van der Waals surface area contributed by atoms with Gasteiger partial charge in [0.25, 0.3) is 0 Å². The maximum absolute atomic E-state index is 13.8. The van der Waals surface area contributed by atoms with Crippen LogP contribution in [-0.2, 0) is 0 Å². The number of aliphatic hydroxyl groups excluding tert-OH is 1. The van der Waals surface area contributed by atoms with E-state index in [1.807, 2.05) is 0 Å². The highest BCUT2D eigenvalue weighted by Crippen LogP contribution is 2.27. The molecule has 0 amide bonds. The summed E-state index contributed by atoms with van der Waals surface area (Å²) in [4.78, 5) is 0. The average Bonchev–Trinajstić information content (AvgIpc) is 2.34. The molecule has 100 valence electrons. The minimum Gasteiger partial charge on any atom is -0.485 e. The number of ether oxygens (including phenoxy) is 1. The van der Waals surface area contributed by atoms with E-state index in [1.165, 1.54) is 6.07 Å². The smallest absolute Gasteiger partial charge is 0.165 e. The second-order valence-corrected chi connectivity index (χ2v) is 4.99. The van der Waals surface area contributed by atoms with Crippen molar-refractivity contribution in [2.75, 3.05) is 0 Å². The van der Waals surface area contributed by atoms with Crippen molar-refractivity contribution in [3.05, 3.63) is 29.6 Å². The first-order valence-electron chi connectivity index (χ1n) is 6.47. The van der Waals surface area contributed by atoms with E-state index in [9.17, 15) is 9.50 Å². The van der Waals surface area contributed by atoms with Gasteiger partial charge in [-0.1, -0.05) is 12.5 Å². The Balaban J connectivity index is 2.09. The Morgan fingerprint density at radius 1 is 1.39 bits per heavy atom. The van der Waals surface area contributed by atoms with E-state index in [0.717, 1.165) is 31.2 Å². The van der Waals surface area contributed by atoms with E-state index in [2.05, 4.69) is 0 Å². The molecule has 1 aliphatic rings. The van der Waals surface area contributed by atoms with Gasteiger partial charge in [0.1, 0.15) is 6.10 Å². The Labute approximate surface area is 107 Å². The van der Waals surface area contributed by atoms with Crippen molar-refractivity contribution < 1.29 is 14.2 Å². The highest BCUT2D eigenvalue weighted by Gasteiger charge is 2.25. The van der Waals surface area contributed by atoms with Crippen LogP contribution in [0.4, 0.5) is 4.39 Å². The van der Waals surface area contributed by atoms with Gasteiger partial charge in [-0.3, -0.25) is 0 Å². The van der Waals surface area contributed by atoms with Crippen molar-refractivity contribution in [1.29, 1.82) is 0 Å². The first kappa shape index (κ1) is 13.3. The molecule has 0 bridgehead atoms. The van der Waals surface area contributed by atoms with Gasteiger partial charge in [0, 0.05) is 6.04 Å². The third-order valence-electron chi connectivity index (χ3n) is 3.43. The molecule has 1 aliphatic carbocycles. The van der Waals surface area contributed by atoms with Gasteiger partial charge in [0.05, 0.1) is 6.10 Å². The van der Waals surface area contributed by atoms with Crippen LogP contribution in [0.3, 0.4) is 0 Å². The lowest BCUT2D eigenvalue weighted by Crippen LogP contribution is -2.34. The van der Waals surface area contributed by atoms with Gasteiger partial charge in [-0.25, -0.2) is 4.39 Å². The first-order valence-corrected chi connectivity index (χ1v) is 6.47. The van der Waals surface area contributed by atoms with E-state index >= 15 is 0 Å². The van der Waals surface area contributed by atoms with Gasteiger partial charge in [-0.05, 0) is 43.9 Å². The molecular formula is C14H20FNO2. The van der Waals surface area contributed by atoms with Crippen LogP contribution in [0.25, 0.3) is 0 Å². The molecule has 1 fully saturated rings. The van der Waals surface area contributed by atoms with E-state index < -0.39 is 11.9 Å². The van der Waals surface area contributed by atoms with E-state index in [4.69, 9.17) is 10.5 Å². The van der Waals surface area contributed by atoms with Crippen LogP contribution >= 0.6 is 0 Å². The molecule has 3 N–H and O–H groups in total. The van der Waals surface area contributed by atoms with Crippen molar-refractivity contribution >= 4 is 0 Å². The standard InChI is InChI=1S/C14H20FNO2/c1-9(16)10-6-7-13(11(15)8-10)18-14-5-3-2-4-12(14)17/h6-9,12,14,17H,2-5,16H2,1H3. The van der Waals surface area contributed by atoms with Crippen LogP contribution in [0, 0.1) is 5.82 Å². The minimum absolute atomic E-state index is 0.199. The maximum Gasteiger partial charge on any atom is 0.165 e. The fraction of sp³-hybridized carbons (Fsp3) is 0.571. The summed E-state index contributed by atoms with van der Waals surface area (Å²) in [6.45, 7) is 1.81. The van der Waals surface area contributed by atoms with Gasteiger partial charge in [-0.2, -0.15) is 0 Å². The summed E-state index contributed by atoms with van der Waals surface area (Å²) in [6, 6.07) is 4.55. The van der Waals surface area contributed by atoms with Crippen molar-refractivity contribution in [3.63, 3.8) is 0 Å². The monoisotopic (exact) mass is 253 g/mol.